The molecule has 0 radical (unpaired) electrons. The molecule has 1 aliphatic heterocycles. The quantitative estimate of drug-likeness (QED) is 0.945. The maximum Gasteiger partial charge on any atom is 0.231 e. The third-order valence-electron chi connectivity index (χ3n) is 3.95. The van der Waals surface area contributed by atoms with Crippen LogP contribution in [0.2, 0.25) is 0 Å². The van der Waals surface area contributed by atoms with Gasteiger partial charge in [-0.2, -0.15) is 0 Å². The molecule has 1 amide bonds. The lowest BCUT2D eigenvalue weighted by Crippen LogP contribution is -2.35. The molecule has 0 aliphatic carbocycles. The van der Waals surface area contributed by atoms with E-state index in [1.807, 2.05) is 47.4 Å². The zero-order valence-electron chi connectivity index (χ0n) is 12.7. The summed E-state index contributed by atoms with van der Waals surface area (Å²) >= 11 is 0. The molecule has 2 aromatic carbocycles. The number of benzene rings is 2. The lowest BCUT2D eigenvalue weighted by Gasteiger charge is -2.23. The molecule has 0 fully saturated rings. The lowest BCUT2D eigenvalue weighted by molar-refractivity contribution is -0.118. The third-order valence-corrected chi connectivity index (χ3v) is 3.95. The van der Waals surface area contributed by atoms with E-state index in [4.69, 9.17) is 4.74 Å². The average Bonchev–Trinajstić information content (AvgIpc) is 2.78. The van der Waals surface area contributed by atoms with Crippen molar-refractivity contribution in [2.24, 2.45) is 0 Å². The van der Waals surface area contributed by atoms with Gasteiger partial charge in [0.15, 0.2) is 0 Å². The molecule has 4 nitrogen and oxygen atoms in total. The van der Waals surface area contributed by atoms with Gasteiger partial charge in [-0.25, -0.2) is 0 Å². The largest absolute Gasteiger partial charge is 0.496 e. The molecule has 0 saturated carbocycles. The van der Waals surface area contributed by atoms with Crippen molar-refractivity contribution < 1.29 is 9.53 Å². The van der Waals surface area contributed by atoms with Crippen molar-refractivity contribution in [2.45, 2.75) is 13.0 Å². The number of methoxy groups -OCH3 is 1. The van der Waals surface area contributed by atoms with Crippen LogP contribution in [0, 0.1) is 0 Å². The Hall–Kier alpha value is -2.33. The molecular weight excluding hydrogens is 276 g/mol. The van der Waals surface area contributed by atoms with Gasteiger partial charge in [-0.1, -0.05) is 36.4 Å². The van der Waals surface area contributed by atoms with Gasteiger partial charge >= 0.3 is 0 Å². The summed E-state index contributed by atoms with van der Waals surface area (Å²) in [5, 5.41) is 3.36. The van der Waals surface area contributed by atoms with Gasteiger partial charge in [0.2, 0.25) is 5.91 Å². The average molecular weight is 296 g/mol. The molecule has 1 N–H and O–H groups in total. The Kier molecular flexibility index (Phi) is 4.39. The maximum absolute atomic E-state index is 12.8. The summed E-state index contributed by atoms with van der Waals surface area (Å²) in [4.78, 5) is 14.7. The van der Waals surface area contributed by atoms with E-state index in [0.717, 1.165) is 35.7 Å². The van der Waals surface area contributed by atoms with E-state index in [9.17, 15) is 4.79 Å². The third kappa shape index (κ3) is 2.97. The molecule has 0 atom stereocenters. The fraction of sp³-hybridized carbons (Fsp3) is 0.278. The van der Waals surface area contributed by atoms with Gasteiger partial charge in [0, 0.05) is 30.9 Å². The minimum atomic E-state index is 0.0978. The number of carbonyl (C=O) groups is 1. The molecule has 0 unspecified atom stereocenters. The number of nitrogens with zero attached hydrogens (tertiary/aromatic N) is 1. The zero-order valence-corrected chi connectivity index (χ0v) is 12.7. The lowest BCUT2D eigenvalue weighted by atomic mass is 10.1. The van der Waals surface area contributed by atoms with E-state index < -0.39 is 0 Å². The smallest absolute Gasteiger partial charge is 0.231 e. The van der Waals surface area contributed by atoms with Crippen LogP contribution in [-0.2, 0) is 17.8 Å². The van der Waals surface area contributed by atoms with Crippen LogP contribution in [0.3, 0.4) is 0 Å². The van der Waals surface area contributed by atoms with Crippen molar-refractivity contribution in [3.8, 4) is 5.75 Å². The second-order valence-electron chi connectivity index (χ2n) is 5.34. The summed E-state index contributed by atoms with van der Waals surface area (Å²) < 4.78 is 5.34. The Labute approximate surface area is 130 Å². The maximum atomic E-state index is 12.8. The van der Waals surface area contributed by atoms with Gasteiger partial charge in [0.1, 0.15) is 5.75 Å². The number of amides is 1. The molecule has 3 rings (SSSR count). The van der Waals surface area contributed by atoms with Crippen molar-refractivity contribution in [1.82, 2.24) is 5.32 Å². The van der Waals surface area contributed by atoms with E-state index >= 15 is 0 Å². The van der Waals surface area contributed by atoms with Crippen LogP contribution in [0.25, 0.3) is 0 Å². The number of hydrogen-bond acceptors (Lipinski definition) is 3. The van der Waals surface area contributed by atoms with E-state index in [1.165, 1.54) is 0 Å². The van der Waals surface area contributed by atoms with E-state index in [-0.39, 0.29) is 5.91 Å². The number of ether oxygens (including phenoxy) is 1. The van der Waals surface area contributed by atoms with Crippen LogP contribution in [0.5, 0.6) is 5.75 Å². The fourth-order valence-electron chi connectivity index (χ4n) is 2.82. The first kappa shape index (κ1) is 14.6. The van der Waals surface area contributed by atoms with Gasteiger partial charge in [0.05, 0.1) is 13.5 Å². The number of nitrogens with one attached hydrogen (secondary N) is 1. The highest BCUT2D eigenvalue weighted by Crippen LogP contribution is 2.24. The number of hydrogen-bond donors (Lipinski definition) is 1. The van der Waals surface area contributed by atoms with Crippen molar-refractivity contribution in [2.75, 3.05) is 25.1 Å². The fourth-order valence-corrected chi connectivity index (χ4v) is 2.82. The van der Waals surface area contributed by atoms with Crippen LogP contribution < -0.4 is 15.0 Å². The Morgan fingerprint density at radius 1 is 1.18 bits per heavy atom. The van der Waals surface area contributed by atoms with E-state index in [1.54, 1.807) is 7.11 Å². The van der Waals surface area contributed by atoms with Gasteiger partial charge < -0.3 is 15.0 Å². The summed E-state index contributed by atoms with van der Waals surface area (Å²) in [6.07, 6.45) is 0.346. The van der Waals surface area contributed by atoms with E-state index in [2.05, 4.69) is 11.4 Å². The SMILES string of the molecule is COc1ccccc1CC(=O)N1CCNCc2ccccc21. The van der Waals surface area contributed by atoms with Crippen LogP contribution >= 0.6 is 0 Å². The van der Waals surface area contributed by atoms with Crippen LogP contribution in [-0.4, -0.2) is 26.1 Å². The minimum absolute atomic E-state index is 0.0978. The first-order valence-electron chi connectivity index (χ1n) is 7.50. The predicted octanol–water partition coefficient (Wildman–Crippen LogP) is 2.37. The van der Waals surface area contributed by atoms with Gasteiger partial charge in [0.25, 0.3) is 0 Å². The molecule has 0 saturated heterocycles. The first-order chi connectivity index (χ1) is 10.8. The van der Waals surface area contributed by atoms with Gasteiger partial charge in [-0.15, -0.1) is 0 Å². The number of anilines is 1. The summed E-state index contributed by atoms with van der Waals surface area (Å²) in [5.41, 5.74) is 3.09. The normalized spacial score (nSPS) is 14.1. The summed E-state index contributed by atoms with van der Waals surface area (Å²) in [7, 11) is 1.63. The van der Waals surface area contributed by atoms with Gasteiger partial charge in [-0.3, -0.25) is 4.79 Å². The number of carbonyl (C=O) groups excluding carboxylic acids is 1. The van der Waals surface area contributed by atoms with Crippen molar-refractivity contribution in [3.63, 3.8) is 0 Å². The highest BCUT2D eigenvalue weighted by Gasteiger charge is 2.21. The molecule has 2 aromatic rings. The molecule has 22 heavy (non-hydrogen) atoms. The van der Waals surface area contributed by atoms with Crippen LogP contribution in [0.4, 0.5) is 5.69 Å². The highest BCUT2D eigenvalue weighted by molar-refractivity contribution is 5.96. The first-order valence-corrected chi connectivity index (χ1v) is 7.50. The molecule has 1 heterocycles. The number of para-hydroxylation sites is 2. The van der Waals surface area contributed by atoms with Crippen molar-refractivity contribution >= 4 is 11.6 Å². The Morgan fingerprint density at radius 2 is 1.95 bits per heavy atom. The molecular formula is C18H20N2O2. The zero-order chi connectivity index (χ0) is 15.4. The Morgan fingerprint density at radius 3 is 2.82 bits per heavy atom. The number of rotatable bonds is 3. The van der Waals surface area contributed by atoms with Crippen LogP contribution in [0.15, 0.2) is 48.5 Å². The molecule has 114 valence electrons. The second kappa shape index (κ2) is 6.62. The van der Waals surface area contributed by atoms with E-state index in [0.29, 0.717) is 13.0 Å². The summed E-state index contributed by atoms with van der Waals surface area (Å²) in [6, 6.07) is 15.8. The second-order valence-corrected chi connectivity index (χ2v) is 5.34. The van der Waals surface area contributed by atoms with Crippen molar-refractivity contribution in [1.29, 1.82) is 0 Å². The summed E-state index contributed by atoms with van der Waals surface area (Å²) in [6.45, 7) is 2.28. The van der Waals surface area contributed by atoms with Crippen molar-refractivity contribution in [3.05, 3.63) is 59.7 Å². The van der Waals surface area contributed by atoms with Crippen LogP contribution in [0.1, 0.15) is 11.1 Å². The topological polar surface area (TPSA) is 41.6 Å². The van der Waals surface area contributed by atoms with Gasteiger partial charge in [-0.05, 0) is 17.7 Å². The highest BCUT2D eigenvalue weighted by atomic mass is 16.5. The Balaban J connectivity index is 1.86. The molecule has 1 aliphatic rings. The molecule has 0 bridgehead atoms. The molecule has 0 spiro atoms. The standard InChI is InChI=1S/C18H20N2O2/c1-22-17-9-5-3-6-14(17)12-18(21)20-11-10-19-13-15-7-2-4-8-16(15)20/h2-9,19H,10-13H2,1H3. The summed E-state index contributed by atoms with van der Waals surface area (Å²) in [5.74, 6) is 0.859. The predicted molar refractivity (Wildman–Crippen MR) is 87.2 cm³/mol. The Bertz CT molecular complexity index is 670. The monoisotopic (exact) mass is 296 g/mol. The molecule has 4 heteroatoms. The molecule has 0 aromatic heterocycles. The number of fused-ring (bicyclic) bond motifs is 1. The minimum Gasteiger partial charge on any atom is -0.496 e.